The van der Waals surface area contributed by atoms with E-state index >= 15 is 0 Å². The first-order valence-electron chi connectivity index (χ1n) is 9.71. The van der Waals surface area contributed by atoms with Crippen LogP contribution in [0.3, 0.4) is 0 Å². The van der Waals surface area contributed by atoms with E-state index in [1.165, 1.54) is 11.8 Å². The number of anilines is 2. The van der Waals surface area contributed by atoms with Gasteiger partial charge in [-0.15, -0.1) is 0 Å². The Morgan fingerprint density at radius 3 is 2.34 bits per heavy atom. The Kier molecular flexibility index (Phi) is 5.87. The number of hydrogen-bond acceptors (Lipinski definition) is 5. The lowest BCUT2D eigenvalue weighted by molar-refractivity contribution is -0.132. The molecule has 4 rings (SSSR count). The zero-order chi connectivity index (χ0) is 22.8. The Labute approximate surface area is 192 Å². The molecule has 2 N–H and O–H groups in total. The minimum Gasteiger partial charge on any atom is -0.507 e. The molecule has 1 unspecified atom stereocenters. The lowest BCUT2D eigenvalue weighted by Gasteiger charge is -2.25. The SMILES string of the molecule is CC(=O)Nc1ccc(N2C(=O)C(=O)/C(=C(\O)c3ccc(Br)cc3)C2c2cccnc2)cc1. The number of benzene rings is 2. The predicted molar refractivity (Wildman–Crippen MR) is 124 cm³/mol. The van der Waals surface area contributed by atoms with Crippen LogP contribution in [0.1, 0.15) is 24.1 Å². The first-order chi connectivity index (χ1) is 15.4. The summed E-state index contributed by atoms with van der Waals surface area (Å²) in [4.78, 5) is 42.9. The smallest absolute Gasteiger partial charge is 0.300 e. The summed E-state index contributed by atoms with van der Waals surface area (Å²) in [5.41, 5.74) is 1.99. The van der Waals surface area contributed by atoms with E-state index in [0.29, 0.717) is 22.5 Å². The van der Waals surface area contributed by atoms with E-state index in [0.717, 1.165) is 4.47 Å². The van der Waals surface area contributed by atoms with Gasteiger partial charge in [0.05, 0.1) is 11.6 Å². The number of halogens is 1. The minimum absolute atomic E-state index is 0.0174. The number of pyridine rings is 1. The molecule has 0 radical (unpaired) electrons. The molecule has 32 heavy (non-hydrogen) atoms. The van der Waals surface area contributed by atoms with E-state index in [1.807, 2.05) is 0 Å². The third-order valence-electron chi connectivity index (χ3n) is 5.03. The van der Waals surface area contributed by atoms with Crippen molar-refractivity contribution in [2.45, 2.75) is 13.0 Å². The van der Waals surface area contributed by atoms with Crippen molar-refractivity contribution in [1.82, 2.24) is 4.98 Å². The van der Waals surface area contributed by atoms with Crippen LogP contribution in [0.25, 0.3) is 5.76 Å². The van der Waals surface area contributed by atoms with E-state index in [4.69, 9.17) is 0 Å². The Morgan fingerprint density at radius 1 is 1.06 bits per heavy atom. The Morgan fingerprint density at radius 2 is 1.75 bits per heavy atom. The summed E-state index contributed by atoms with van der Waals surface area (Å²) in [7, 11) is 0. The van der Waals surface area contributed by atoms with Crippen molar-refractivity contribution in [3.63, 3.8) is 0 Å². The van der Waals surface area contributed by atoms with E-state index in [1.54, 1.807) is 73.1 Å². The number of nitrogens with zero attached hydrogens (tertiary/aromatic N) is 2. The van der Waals surface area contributed by atoms with Crippen LogP contribution in [-0.2, 0) is 14.4 Å². The molecule has 2 aromatic carbocycles. The molecule has 1 atom stereocenters. The van der Waals surface area contributed by atoms with Crippen LogP contribution in [-0.4, -0.2) is 27.7 Å². The number of amides is 2. The highest BCUT2D eigenvalue weighted by atomic mass is 79.9. The largest absolute Gasteiger partial charge is 0.507 e. The number of carbonyl (C=O) groups excluding carboxylic acids is 3. The molecule has 1 aliphatic heterocycles. The van der Waals surface area contributed by atoms with Gasteiger partial charge in [-0.3, -0.25) is 24.3 Å². The molecule has 2 heterocycles. The van der Waals surface area contributed by atoms with Crippen molar-refractivity contribution in [3.05, 3.63) is 94.2 Å². The van der Waals surface area contributed by atoms with Crippen molar-refractivity contribution in [2.75, 3.05) is 10.2 Å². The number of hydrogen-bond donors (Lipinski definition) is 2. The van der Waals surface area contributed by atoms with Crippen LogP contribution >= 0.6 is 15.9 Å². The molecular weight excluding hydrogens is 474 g/mol. The van der Waals surface area contributed by atoms with Crippen molar-refractivity contribution in [2.24, 2.45) is 0 Å². The van der Waals surface area contributed by atoms with Gasteiger partial charge in [0.15, 0.2) is 0 Å². The van der Waals surface area contributed by atoms with Gasteiger partial charge in [-0.05, 0) is 48.0 Å². The maximum absolute atomic E-state index is 13.1. The molecule has 2 amide bonds. The monoisotopic (exact) mass is 491 g/mol. The fraction of sp³-hybridized carbons (Fsp3) is 0.0833. The molecule has 160 valence electrons. The molecule has 0 bridgehead atoms. The standard InChI is InChI=1S/C24H18BrN3O4/c1-14(29)27-18-8-10-19(11-9-18)28-21(16-3-2-12-26-13-16)20(23(31)24(28)32)22(30)15-4-6-17(25)7-5-15/h2-13,21,30H,1H3,(H,27,29)/b22-20-. The second-order valence-electron chi connectivity index (χ2n) is 7.19. The molecule has 7 nitrogen and oxygen atoms in total. The van der Waals surface area contributed by atoms with E-state index < -0.39 is 17.7 Å². The molecule has 1 saturated heterocycles. The van der Waals surface area contributed by atoms with Crippen molar-refractivity contribution in [3.8, 4) is 0 Å². The Bertz CT molecular complexity index is 1220. The second kappa shape index (κ2) is 8.76. The minimum atomic E-state index is -0.862. The van der Waals surface area contributed by atoms with Crippen LogP contribution in [0.2, 0.25) is 0 Å². The van der Waals surface area contributed by atoms with Crippen LogP contribution < -0.4 is 10.2 Å². The van der Waals surface area contributed by atoms with Crippen LogP contribution in [0.5, 0.6) is 0 Å². The van der Waals surface area contributed by atoms with Gasteiger partial charge in [-0.2, -0.15) is 0 Å². The number of aromatic nitrogens is 1. The maximum atomic E-state index is 13.1. The van der Waals surface area contributed by atoms with Crippen LogP contribution in [0.4, 0.5) is 11.4 Å². The summed E-state index contributed by atoms with van der Waals surface area (Å²) >= 11 is 3.35. The molecule has 0 saturated carbocycles. The third kappa shape index (κ3) is 4.04. The van der Waals surface area contributed by atoms with Gasteiger partial charge in [0.1, 0.15) is 5.76 Å². The molecule has 3 aromatic rings. The highest BCUT2D eigenvalue weighted by Gasteiger charge is 2.47. The molecule has 1 fully saturated rings. The highest BCUT2D eigenvalue weighted by Crippen LogP contribution is 2.42. The number of aliphatic hydroxyl groups excluding tert-OH is 1. The van der Waals surface area contributed by atoms with E-state index in [2.05, 4.69) is 26.2 Å². The fourth-order valence-corrected chi connectivity index (χ4v) is 3.89. The number of aliphatic hydroxyl groups is 1. The van der Waals surface area contributed by atoms with Gasteiger partial charge in [-0.1, -0.05) is 34.1 Å². The summed E-state index contributed by atoms with van der Waals surface area (Å²) < 4.78 is 0.817. The van der Waals surface area contributed by atoms with Crippen molar-refractivity contribution < 1.29 is 19.5 Å². The number of ketones is 1. The van der Waals surface area contributed by atoms with Gasteiger partial charge in [-0.25, -0.2) is 0 Å². The number of Topliss-reactive ketones (excluding diaryl/α,β-unsaturated/α-hetero) is 1. The first-order valence-corrected chi connectivity index (χ1v) is 10.5. The Balaban J connectivity index is 1.85. The summed E-state index contributed by atoms with van der Waals surface area (Å²) in [6.07, 6.45) is 3.15. The molecular formula is C24H18BrN3O4. The quantitative estimate of drug-likeness (QED) is 0.319. The summed E-state index contributed by atoms with van der Waals surface area (Å²) in [6.45, 7) is 1.40. The molecule has 0 spiro atoms. The van der Waals surface area contributed by atoms with Crippen LogP contribution in [0.15, 0.2) is 83.1 Å². The van der Waals surface area contributed by atoms with Crippen LogP contribution in [0, 0.1) is 0 Å². The average molecular weight is 492 g/mol. The fourth-order valence-electron chi connectivity index (χ4n) is 3.62. The van der Waals surface area contributed by atoms with Crippen molar-refractivity contribution >= 4 is 50.7 Å². The van der Waals surface area contributed by atoms with Gasteiger partial charge in [0.25, 0.3) is 11.7 Å². The maximum Gasteiger partial charge on any atom is 0.300 e. The lowest BCUT2D eigenvalue weighted by Crippen LogP contribution is -2.29. The zero-order valence-corrected chi connectivity index (χ0v) is 18.5. The van der Waals surface area contributed by atoms with Crippen molar-refractivity contribution in [1.29, 1.82) is 0 Å². The summed E-state index contributed by atoms with van der Waals surface area (Å²) in [5, 5.41) is 13.7. The second-order valence-corrected chi connectivity index (χ2v) is 8.11. The Hall–Kier alpha value is -3.78. The topological polar surface area (TPSA) is 99.6 Å². The number of nitrogens with one attached hydrogen (secondary N) is 1. The van der Waals surface area contributed by atoms with E-state index in [9.17, 15) is 19.5 Å². The van der Waals surface area contributed by atoms with E-state index in [-0.39, 0.29) is 17.2 Å². The summed E-state index contributed by atoms with van der Waals surface area (Å²) in [6, 6.07) is 16.0. The van der Waals surface area contributed by atoms with Gasteiger partial charge >= 0.3 is 0 Å². The highest BCUT2D eigenvalue weighted by molar-refractivity contribution is 9.10. The number of carbonyl (C=O) groups is 3. The molecule has 8 heteroatoms. The lowest BCUT2D eigenvalue weighted by atomic mass is 9.96. The summed E-state index contributed by atoms with van der Waals surface area (Å²) in [5.74, 6) is -2.03. The first kappa shape index (κ1) is 21.5. The molecule has 1 aromatic heterocycles. The number of rotatable bonds is 4. The predicted octanol–water partition coefficient (Wildman–Crippen LogP) is 4.43. The third-order valence-corrected chi connectivity index (χ3v) is 5.56. The molecule has 0 aliphatic carbocycles. The van der Waals surface area contributed by atoms with Gasteiger partial charge in [0, 0.05) is 40.7 Å². The average Bonchev–Trinajstić information content (AvgIpc) is 3.05. The molecule has 1 aliphatic rings. The zero-order valence-electron chi connectivity index (χ0n) is 16.9. The normalized spacial score (nSPS) is 17.4. The van der Waals surface area contributed by atoms with Gasteiger partial charge < -0.3 is 10.4 Å². The van der Waals surface area contributed by atoms with Gasteiger partial charge in [0.2, 0.25) is 5.91 Å².